The third-order valence-electron chi connectivity index (χ3n) is 4.05. The summed E-state index contributed by atoms with van der Waals surface area (Å²) >= 11 is 0. The summed E-state index contributed by atoms with van der Waals surface area (Å²) in [7, 11) is 0. The topological polar surface area (TPSA) is 99.6 Å². The van der Waals surface area contributed by atoms with Gasteiger partial charge in [0.15, 0.2) is 0 Å². The predicted octanol–water partition coefficient (Wildman–Crippen LogP) is 0.130. The van der Waals surface area contributed by atoms with E-state index in [1.165, 1.54) is 18.2 Å². The van der Waals surface area contributed by atoms with Crippen LogP contribution in [0.3, 0.4) is 0 Å². The van der Waals surface area contributed by atoms with Gasteiger partial charge in [-0.05, 0) is 25.0 Å². The molecule has 2 N–H and O–H groups in total. The highest BCUT2D eigenvalue weighted by atomic mass is 16.4. The van der Waals surface area contributed by atoms with E-state index in [0.717, 1.165) is 12.8 Å². The fourth-order valence-electron chi connectivity index (χ4n) is 3.02. The van der Waals surface area contributed by atoms with Crippen LogP contribution in [0.4, 0.5) is 0 Å². The summed E-state index contributed by atoms with van der Waals surface area (Å²) < 4.78 is 0. The molecule has 7 heteroatoms. The van der Waals surface area contributed by atoms with Crippen molar-refractivity contribution in [3.8, 4) is 0 Å². The summed E-state index contributed by atoms with van der Waals surface area (Å²) in [5, 5.41) is 11.7. The van der Waals surface area contributed by atoms with E-state index in [1.54, 1.807) is 4.90 Å². The number of aromatic nitrogens is 1. The number of carboxylic acid groups (broad SMARTS) is 1. The average Bonchev–Trinajstić information content (AvgIpc) is 2.88. The number of amides is 2. The van der Waals surface area contributed by atoms with Gasteiger partial charge in [-0.25, -0.2) is 9.78 Å². The van der Waals surface area contributed by atoms with Crippen LogP contribution in [0.5, 0.6) is 0 Å². The summed E-state index contributed by atoms with van der Waals surface area (Å²) in [4.78, 5) is 40.7. The standard InChI is InChI=1S/C14H15N3O4/c18-12-8-3-2-6-17(11(8)7-15-12)13(19)9-4-1-5-10(16-9)14(20)21/h1,4-5,8,11H,2-3,6-7H2,(H,15,18)(H,20,21). The van der Waals surface area contributed by atoms with Gasteiger partial charge in [0.25, 0.3) is 5.91 Å². The van der Waals surface area contributed by atoms with Crippen molar-refractivity contribution in [2.75, 3.05) is 13.1 Å². The normalized spacial score (nSPS) is 24.4. The Labute approximate surface area is 121 Å². The summed E-state index contributed by atoms with van der Waals surface area (Å²) in [6.45, 7) is 1.02. The first-order chi connectivity index (χ1) is 10.1. The number of hydrogen-bond acceptors (Lipinski definition) is 4. The van der Waals surface area contributed by atoms with E-state index in [0.29, 0.717) is 13.1 Å². The highest BCUT2D eigenvalue weighted by Crippen LogP contribution is 2.28. The van der Waals surface area contributed by atoms with E-state index >= 15 is 0 Å². The monoisotopic (exact) mass is 289 g/mol. The van der Waals surface area contributed by atoms with E-state index in [9.17, 15) is 14.4 Å². The van der Waals surface area contributed by atoms with Crippen molar-refractivity contribution in [3.63, 3.8) is 0 Å². The molecule has 1 aromatic heterocycles. The number of pyridine rings is 1. The van der Waals surface area contributed by atoms with Crippen LogP contribution in [-0.4, -0.2) is 51.9 Å². The Morgan fingerprint density at radius 3 is 2.86 bits per heavy atom. The third kappa shape index (κ3) is 2.35. The van der Waals surface area contributed by atoms with Crippen molar-refractivity contribution in [1.82, 2.24) is 15.2 Å². The zero-order valence-electron chi connectivity index (χ0n) is 11.3. The number of nitrogens with zero attached hydrogens (tertiary/aromatic N) is 2. The van der Waals surface area contributed by atoms with E-state index in [2.05, 4.69) is 10.3 Å². The van der Waals surface area contributed by atoms with Gasteiger partial charge in [-0.15, -0.1) is 0 Å². The van der Waals surface area contributed by atoms with Crippen LogP contribution >= 0.6 is 0 Å². The number of rotatable bonds is 2. The molecule has 2 saturated heterocycles. The van der Waals surface area contributed by atoms with Gasteiger partial charge in [-0.1, -0.05) is 6.07 Å². The minimum atomic E-state index is -1.17. The van der Waals surface area contributed by atoms with Crippen molar-refractivity contribution in [1.29, 1.82) is 0 Å². The van der Waals surface area contributed by atoms with Crippen LogP contribution in [0.2, 0.25) is 0 Å². The fraction of sp³-hybridized carbons (Fsp3) is 0.429. The first kappa shape index (κ1) is 13.5. The average molecular weight is 289 g/mol. The number of carbonyl (C=O) groups excluding carboxylic acids is 2. The van der Waals surface area contributed by atoms with Gasteiger partial charge in [0.2, 0.25) is 5.91 Å². The van der Waals surface area contributed by atoms with Gasteiger partial charge in [-0.3, -0.25) is 9.59 Å². The van der Waals surface area contributed by atoms with Crippen LogP contribution < -0.4 is 5.32 Å². The second-order valence-electron chi connectivity index (χ2n) is 5.27. The quantitative estimate of drug-likeness (QED) is 0.806. The molecular weight excluding hydrogens is 274 g/mol. The van der Waals surface area contributed by atoms with Crippen molar-refractivity contribution in [3.05, 3.63) is 29.6 Å². The Bertz CT molecular complexity index is 616. The van der Waals surface area contributed by atoms with Crippen molar-refractivity contribution >= 4 is 17.8 Å². The SMILES string of the molecule is O=C(O)c1cccc(C(=O)N2CCCC3C(=O)NCC32)n1. The molecule has 2 aliphatic heterocycles. The minimum absolute atomic E-state index is 0.00949. The number of likely N-dealkylation sites (tertiary alicyclic amines) is 1. The molecule has 0 radical (unpaired) electrons. The fourth-order valence-corrected chi connectivity index (χ4v) is 3.02. The number of carbonyl (C=O) groups is 3. The highest BCUT2D eigenvalue weighted by Gasteiger charge is 2.42. The number of carboxylic acids is 1. The smallest absolute Gasteiger partial charge is 0.354 e. The summed E-state index contributed by atoms with van der Waals surface area (Å²) in [5.74, 6) is -1.65. The van der Waals surface area contributed by atoms with E-state index in [1.807, 2.05) is 0 Å². The molecule has 2 atom stereocenters. The van der Waals surface area contributed by atoms with Gasteiger partial charge in [-0.2, -0.15) is 0 Å². The van der Waals surface area contributed by atoms with Crippen LogP contribution in [0.15, 0.2) is 18.2 Å². The summed E-state index contributed by atoms with van der Waals surface area (Å²) in [6.07, 6.45) is 1.54. The molecule has 0 spiro atoms. The maximum Gasteiger partial charge on any atom is 0.354 e. The van der Waals surface area contributed by atoms with Crippen LogP contribution in [0.1, 0.15) is 33.8 Å². The van der Waals surface area contributed by atoms with Gasteiger partial charge >= 0.3 is 5.97 Å². The lowest BCUT2D eigenvalue weighted by Crippen LogP contribution is -2.49. The first-order valence-corrected chi connectivity index (χ1v) is 6.87. The van der Waals surface area contributed by atoms with Crippen LogP contribution in [-0.2, 0) is 4.79 Å². The Morgan fingerprint density at radius 1 is 1.33 bits per heavy atom. The summed E-state index contributed by atoms with van der Waals surface area (Å²) in [6, 6.07) is 4.19. The molecule has 0 aromatic carbocycles. The van der Waals surface area contributed by atoms with E-state index in [-0.39, 0.29) is 35.2 Å². The van der Waals surface area contributed by atoms with Gasteiger partial charge in [0.05, 0.1) is 12.0 Å². The Morgan fingerprint density at radius 2 is 2.10 bits per heavy atom. The van der Waals surface area contributed by atoms with E-state index < -0.39 is 5.97 Å². The molecule has 0 bridgehead atoms. The zero-order chi connectivity index (χ0) is 15.0. The predicted molar refractivity (Wildman–Crippen MR) is 71.8 cm³/mol. The molecular formula is C14H15N3O4. The number of aromatic carboxylic acids is 1. The lowest BCUT2D eigenvalue weighted by atomic mass is 9.91. The lowest BCUT2D eigenvalue weighted by molar-refractivity contribution is -0.123. The molecule has 0 aliphatic carbocycles. The van der Waals surface area contributed by atoms with Crippen molar-refractivity contribution in [2.24, 2.45) is 5.92 Å². The molecule has 3 heterocycles. The van der Waals surface area contributed by atoms with E-state index in [4.69, 9.17) is 5.11 Å². The van der Waals surface area contributed by atoms with Gasteiger partial charge < -0.3 is 15.3 Å². The number of nitrogens with one attached hydrogen (secondary N) is 1. The maximum absolute atomic E-state index is 12.6. The molecule has 2 fully saturated rings. The Kier molecular flexibility index (Phi) is 3.32. The summed E-state index contributed by atoms with van der Waals surface area (Å²) in [5.41, 5.74) is -0.0510. The molecule has 3 rings (SSSR count). The van der Waals surface area contributed by atoms with Crippen molar-refractivity contribution in [2.45, 2.75) is 18.9 Å². The number of hydrogen-bond donors (Lipinski definition) is 2. The van der Waals surface area contributed by atoms with Gasteiger partial charge in [0.1, 0.15) is 11.4 Å². The van der Waals surface area contributed by atoms with Gasteiger partial charge in [0, 0.05) is 13.1 Å². The minimum Gasteiger partial charge on any atom is -0.477 e. The Hall–Kier alpha value is -2.44. The molecule has 2 aliphatic rings. The van der Waals surface area contributed by atoms with Crippen LogP contribution in [0, 0.1) is 5.92 Å². The first-order valence-electron chi connectivity index (χ1n) is 6.87. The second kappa shape index (κ2) is 5.16. The molecule has 21 heavy (non-hydrogen) atoms. The molecule has 2 amide bonds. The molecule has 1 aromatic rings. The van der Waals surface area contributed by atoms with Crippen molar-refractivity contribution < 1.29 is 19.5 Å². The van der Waals surface area contributed by atoms with Crippen LogP contribution in [0.25, 0.3) is 0 Å². The third-order valence-corrected chi connectivity index (χ3v) is 4.05. The second-order valence-corrected chi connectivity index (χ2v) is 5.27. The molecule has 2 unspecified atom stereocenters. The molecule has 7 nitrogen and oxygen atoms in total. The Balaban J connectivity index is 1.86. The molecule has 0 saturated carbocycles. The molecule has 110 valence electrons. The number of fused-ring (bicyclic) bond motifs is 1. The highest BCUT2D eigenvalue weighted by molar-refractivity contribution is 5.95. The maximum atomic E-state index is 12.6. The largest absolute Gasteiger partial charge is 0.477 e. The number of piperidine rings is 1. The lowest BCUT2D eigenvalue weighted by Gasteiger charge is -2.35. The zero-order valence-corrected chi connectivity index (χ0v) is 11.3.